The molecule has 0 atom stereocenters. The molecule has 0 N–H and O–H groups in total. The Hall–Kier alpha value is 2.85. The topological polar surface area (TPSA) is 17.1 Å². The van der Waals surface area contributed by atoms with E-state index in [1.807, 2.05) is 0 Å². The van der Waals surface area contributed by atoms with Gasteiger partial charge in [-0.2, -0.15) is 0 Å². The summed E-state index contributed by atoms with van der Waals surface area (Å²) < 4.78 is 0.0810. The summed E-state index contributed by atoms with van der Waals surface area (Å²) in [7, 11) is 0. The van der Waals surface area contributed by atoms with Crippen LogP contribution < -0.4 is 0 Å². The Morgan fingerprint density at radius 1 is 1.56 bits per heavy atom. The maximum atomic E-state index is 9.72. The predicted octanol–water partition coefficient (Wildman–Crippen LogP) is -0.897. The molecule has 0 rings (SSSR count). The smallest absolute Gasteiger partial charge is 0 e. The largest absolute Gasteiger partial charge is 0 e. The maximum Gasteiger partial charge on any atom is 0 e. The zero-order valence-electron chi connectivity index (χ0n) is 4.78. The third kappa shape index (κ3) is 36.1. The second-order valence-corrected chi connectivity index (χ2v) is 1.80. The maximum absolute atomic E-state index is 9.72. The van der Waals surface area contributed by atoms with Crippen LogP contribution in [0.15, 0.2) is 12.7 Å². The molecule has 0 aliphatic carbocycles. The Bertz CT molecular complexity index is 74.8. The minimum Gasteiger partial charge on any atom is 0 e. The summed E-state index contributed by atoms with van der Waals surface area (Å²) in [5, 5.41) is 0. The Morgan fingerprint density at radius 2 is 1.67 bits per heavy atom. The molecule has 0 saturated carbocycles. The Labute approximate surface area is 130 Å². The molecule has 0 aliphatic heterocycles. The van der Waals surface area contributed by atoms with Gasteiger partial charge in [-0.1, -0.05) is 0 Å². The Kier molecular flexibility index (Phi) is 74.1. The van der Waals surface area contributed by atoms with Gasteiger partial charge in [-0.25, -0.2) is 0 Å². The fourth-order valence-corrected chi connectivity index (χ4v) is 0. The van der Waals surface area contributed by atoms with Gasteiger partial charge in [0.05, 0.1) is 0 Å². The fraction of sp³-hybridized carbons (Fsp3) is 0. The van der Waals surface area contributed by atoms with Crippen LogP contribution in [0.4, 0.5) is 0 Å². The van der Waals surface area contributed by atoms with Gasteiger partial charge in [-0.05, 0) is 0 Å². The van der Waals surface area contributed by atoms with Crippen molar-refractivity contribution in [3.63, 3.8) is 0 Å². The molecule has 9 heavy (non-hydrogen) atoms. The van der Waals surface area contributed by atoms with Gasteiger partial charge in [-0.3, -0.25) is 0 Å². The van der Waals surface area contributed by atoms with Crippen molar-refractivity contribution in [2.75, 3.05) is 0 Å². The zero-order chi connectivity index (χ0) is 4.28. The van der Waals surface area contributed by atoms with Gasteiger partial charge in [0.2, 0.25) is 0 Å². The van der Waals surface area contributed by atoms with E-state index in [9.17, 15) is 4.79 Å². The van der Waals surface area contributed by atoms with Crippen LogP contribution in [0, 0.1) is 40.8 Å². The minimum absolute atomic E-state index is 0. The Balaban J connectivity index is -0.0000000133. The molecule has 0 aliphatic rings. The molecule has 0 amide bonds. The van der Waals surface area contributed by atoms with Gasteiger partial charge in [0.25, 0.3) is 0 Å². The van der Waals surface area contributed by atoms with Gasteiger partial charge in [0, 0.05) is 92.2 Å². The molecule has 8 radical (unpaired) electrons. The van der Waals surface area contributed by atoms with Crippen molar-refractivity contribution in [3.8, 4) is 0 Å². The molecular formula is C3H3BFeGaInNdO. The number of allylic oxidation sites excluding steroid dienone is 1. The quantitative estimate of drug-likeness (QED) is 0.374. The molecule has 0 fully saturated rings. The van der Waals surface area contributed by atoms with Gasteiger partial charge in [-0.15, -0.1) is 0 Å². The summed E-state index contributed by atoms with van der Waals surface area (Å²) >= 11 is 1.08. The van der Waals surface area contributed by atoms with E-state index in [-0.39, 0.29) is 96.5 Å². The van der Waals surface area contributed by atoms with Gasteiger partial charge < -0.3 is 0 Å². The number of hydrogen-bond acceptors (Lipinski definition) is 1. The third-order valence-corrected chi connectivity index (χ3v) is 0.696. The molecule has 0 saturated heterocycles. The molecule has 6 heteroatoms. The molecule has 0 bridgehead atoms. The van der Waals surface area contributed by atoms with Crippen LogP contribution in [0.5, 0.6) is 0 Å². The van der Waals surface area contributed by atoms with E-state index in [4.69, 9.17) is 0 Å². The van der Waals surface area contributed by atoms with Crippen LogP contribution in [0.1, 0.15) is 0 Å². The average Bonchev–Trinajstić information content (AvgIpc) is 1.38. The molecular weight excluding hydrogens is 447 g/mol. The monoisotopic (exact) mass is 448 g/mol. The summed E-state index contributed by atoms with van der Waals surface area (Å²) in [4.78, 5) is 9.72. The summed E-state index contributed by atoms with van der Waals surface area (Å²) in [6, 6.07) is 0. The van der Waals surface area contributed by atoms with E-state index in [0.29, 0.717) is 0 Å². The van der Waals surface area contributed by atoms with Crippen molar-refractivity contribution in [2.24, 2.45) is 0 Å². The predicted molar refractivity (Wildman–Crippen MR) is 32.5 cm³/mol. The second-order valence-electron chi connectivity index (χ2n) is 0.606. The van der Waals surface area contributed by atoms with Gasteiger partial charge in [0.1, 0.15) is 0 Å². The average molecular weight is 450 g/mol. The molecule has 0 aromatic carbocycles. The summed E-state index contributed by atoms with van der Waals surface area (Å²) in [5.41, 5.74) is 0. The van der Waals surface area contributed by atoms with Crippen LogP contribution in [-0.4, -0.2) is 57.2 Å². The zero-order valence-corrected chi connectivity index (χ0v) is 14.8. The number of hydrogen-bond donors (Lipinski definition) is 0. The van der Waals surface area contributed by atoms with Crippen molar-refractivity contribution in [1.82, 2.24) is 0 Å². The number of carbonyl (C=O) groups excluding carboxylic acids is 1. The van der Waals surface area contributed by atoms with E-state index >= 15 is 0 Å². The molecule has 0 aromatic rings. The summed E-state index contributed by atoms with van der Waals surface area (Å²) in [6.07, 6.45) is 1.31. The summed E-state index contributed by atoms with van der Waals surface area (Å²) in [5.74, 6) is 0. The van der Waals surface area contributed by atoms with Crippen LogP contribution in [0.2, 0.25) is 0 Å². The second kappa shape index (κ2) is 22.4. The fourth-order valence-electron chi connectivity index (χ4n) is 0. The molecule has 42 valence electrons. The van der Waals surface area contributed by atoms with E-state index in [2.05, 4.69) is 6.58 Å². The van der Waals surface area contributed by atoms with Gasteiger partial charge in [0.15, 0.2) is 0 Å². The van der Waals surface area contributed by atoms with Crippen molar-refractivity contribution < 1.29 is 62.7 Å². The van der Waals surface area contributed by atoms with Gasteiger partial charge >= 0.3 is 40.4 Å². The van der Waals surface area contributed by atoms with E-state index in [1.54, 1.807) is 0 Å². The van der Waals surface area contributed by atoms with E-state index in [0.717, 1.165) is 18.6 Å². The first kappa shape index (κ1) is 29.7. The number of rotatable bonds is 1. The van der Waals surface area contributed by atoms with Crippen LogP contribution in [0.25, 0.3) is 0 Å². The van der Waals surface area contributed by atoms with Crippen LogP contribution in [-0.2, 0) is 21.9 Å². The Morgan fingerprint density at radius 3 is 1.67 bits per heavy atom. The number of carbonyl (C=O) groups is 1. The summed E-state index contributed by atoms with van der Waals surface area (Å²) in [6.45, 7) is 3.23. The molecule has 0 aromatic heterocycles. The van der Waals surface area contributed by atoms with E-state index in [1.165, 1.54) is 6.08 Å². The molecule has 0 unspecified atom stereocenters. The first-order valence-corrected chi connectivity index (χ1v) is 2.40. The minimum atomic E-state index is 0. The van der Waals surface area contributed by atoms with E-state index < -0.39 is 0 Å². The normalized spacial score (nSPS) is 3.56. The van der Waals surface area contributed by atoms with Crippen molar-refractivity contribution in [1.29, 1.82) is 0 Å². The third-order valence-electron chi connectivity index (χ3n) is 0.201. The standard InChI is InChI=1S/C3H3O.B.Fe.Ga.In.Nd/c1-2-3-4;;;;;/h2H,1H2;;;;;. The van der Waals surface area contributed by atoms with Crippen LogP contribution >= 0.6 is 0 Å². The molecule has 0 heterocycles. The van der Waals surface area contributed by atoms with Crippen molar-refractivity contribution in [2.45, 2.75) is 0 Å². The first-order chi connectivity index (χ1) is 2.27. The molecule has 1 nitrogen and oxygen atoms in total. The SMILES string of the molecule is C=C[C](=O)[Ga].[B].[Fe].[In].[Nd]. The van der Waals surface area contributed by atoms with Crippen molar-refractivity contribution >= 4 is 57.2 Å². The molecule has 0 spiro atoms. The first-order valence-electron chi connectivity index (χ1n) is 1.19. The van der Waals surface area contributed by atoms with Crippen molar-refractivity contribution in [3.05, 3.63) is 12.7 Å². The van der Waals surface area contributed by atoms with Crippen LogP contribution in [0.3, 0.4) is 0 Å².